The van der Waals surface area contributed by atoms with Gasteiger partial charge in [-0.05, 0) is 84.3 Å². The quantitative estimate of drug-likeness (QED) is 0.161. The number of nitrogens with zero attached hydrogens (tertiary/aromatic N) is 5. The van der Waals surface area contributed by atoms with Crippen molar-refractivity contribution in [3.05, 3.63) is 224 Å². The zero-order valence-corrected chi connectivity index (χ0v) is 34.0. The Hall–Kier alpha value is -8.28. The molecule has 292 valence electrons. The van der Waals surface area contributed by atoms with Gasteiger partial charge in [0.05, 0.1) is 39.1 Å². The van der Waals surface area contributed by atoms with Crippen molar-refractivity contribution in [2.75, 3.05) is 0 Å². The van der Waals surface area contributed by atoms with Crippen molar-refractivity contribution in [3.8, 4) is 62.1 Å². The molecule has 8 aromatic carbocycles. The summed E-state index contributed by atoms with van der Waals surface area (Å²) in [5.41, 5.74) is 16.6. The summed E-state index contributed by atoms with van der Waals surface area (Å²) >= 11 is 0. The van der Waals surface area contributed by atoms with Crippen LogP contribution in [0.1, 0.15) is 5.56 Å². The Morgan fingerprint density at radius 1 is 0.339 bits per heavy atom. The van der Waals surface area contributed by atoms with Crippen LogP contribution in [0, 0.1) is 6.92 Å². The Labute approximate surface area is 359 Å². The molecule has 12 aromatic rings. The van der Waals surface area contributed by atoms with Gasteiger partial charge < -0.3 is 13.7 Å². The Kier molecular flexibility index (Phi) is 8.32. The highest BCUT2D eigenvalue weighted by atomic mass is 15.1. The molecule has 4 aromatic heterocycles. The van der Waals surface area contributed by atoms with Crippen molar-refractivity contribution in [1.82, 2.24) is 23.7 Å². The Morgan fingerprint density at radius 3 is 1.50 bits per heavy atom. The summed E-state index contributed by atoms with van der Waals surface area (Å²) < 4.78 is 7.06. The van der Waals surface area contributed by atoms with Crippen LogP contribution < -0.4 is 0 Å². The van der Waals surface area contributed by atoms with Gasteiger partial charge in [0.2, 0.25) is 0 Å². The molecule has 0 bridgehead atoms. The minimum Gasteiger partial charge on any atom is -0.321 e. The van der Waals surface area contributed by atoms with Crippen LogP contribution >= 0.6 is 0 Å². The van der Waals surface area contributed by atoms with Crippen molar-refractivity contribution in [3.63, 3.8) is 0 Å². The molecule has 0 aliphatic carbocycles. The number of benzene rings is 8. The topological polar surface area (TPSA) is 40.6 Å². The van der Waals surface area contributed by atoms with E-state index in [1.165, 1.54) is 49.2 Å². The van der Waals surface area contributed by atoms with Gasteiger partial charge in [-0.1, -0.05) is 146 Å². The van der Waals surface area contributed by atoms with Crippen molar-refractivity contribution in [2.24, 2.45) is 0 Å². The number of aryl methyl sites for hydroxylation is 1. The third kappa shape index (κ3) is 5.94. The molecule has 0 aliphatic rings. The molecule has 0 amide bonds. The van der Waals surface area contributed by atoms with Crippen molar-refractivity contribution in [2.45, 2.75) is 6.92 Å². The maximum Gasteiger partial charge on any atom is 0.160 e. The molecule has 0 saturated carbocycles. The summed E-state index contributed by atoms with van der Waals surface area (Å²) in [5.74, 6) is 0.705. The third-order valence-corrected chi connectivity index (χ3v) is 12.2. The second-order valence-electron chi connectivity index (χ2n) is 16.0. The van der Waals surface area contributed by atoms with E-state index in [-0.39, 0.29) is 0 Å². The second kappa shape index (κ2) is 14.5. The highest BCUT2D eigenvalue weighted by molar-refractivity contribution is 6.11. The number of hydrogen-bond donors (Lipinski definition) is 0. The lowest BCUT2D eigenvalue weighted by atomic mass is 10.0. The van der Waals surface area contributed by atoms with Crippen LogP contribution in [0.5, 0.6) is 0 Å². The molecular formula is C57H39N5. The fraction of sp³-hybridized carbons (Fsp3) is 0.0175. The Morgan fingerprint density at radius 2 is 0.839 bits per heavy atom. The average Bonchev–Trinajstić information content (AvgIpc) is 4.00. The standard InChI is InChI=1S/C57H39N5/c1-38-36-60(45-30-32-54-49(34-45)47-22-11-13-23-52(47)61(54)44-19-9-4-10-20-44)37-56(38)62-53-24-14-12-21-46(53)48-33-43(29-31-55(48)62)39-25-27-42(28-26-39)57-58-50(40-15-5-2-6-16-40)35-51(59-57)41-17-7-3-8-18-41/h2-37H,1H3. The largest absolute Gasteiger partial charge is 0.321 e. The van der Waals surface area contributed by atoms with E-state index in [1.54, 1.807) is 0 Å². The molecule has 5 heteroatoms. The van der Waals surface area contributed by atoms with Crippen LogP contribution in [0.4, 0.5) is 0 Å². The summed E-state index contributed by atoms with van der Waals surface area (Å²) in [6.07, 6.45) is 4.54. The van der Waals surface area contributed by atoms with Crippen molar-refractivity contribution < 1.29 is 0 Å². The molecule has 0 atom stereocenters. The third-order valence-electron chi connectivity index (χ3n) is 12.2. The van der Waals surface area contributed by atoms with E-state index in [4.69, 9.17) is 9.97 Å². The molecule has 0 saturated heterocycles. The zero-order valence-electron chi connectivity index (χ0n) is 34.0. The fourth-order valence-electron chi connectivity index (χ4n) is 9.22. The number of para-hydroxylation sites is 3. The Balaban J connectivity index is 0.918. The molecule has 62 heavy (non-hydrogen) atoms. The van der Waals surface area contributed by atoms with E-state index in [2.05, 4.69) is 203 Å². The van der Waals surface area contributed by atoms with Crippen LogP contribution in [0.25, 0.3) is 106 Å². The van der Waals surface area contributed by atoms with Crippen LogP contribution in [-0.2, 0) is 0 Å². The molecule has 0 aliphatic heterocycles. The summed E-state index contributed by atoms with van der Waals surface area (Å²) in [6.45, 7) is 2.21. The van der Waals surface area contributed by atoms with Crippen molar-refractivity contribution >= 4 is 43.6 Å². The first-order valence-corrected chi connectivity index (χ1v) is 21.1. The minimum absolute atomic E-state index is 0.705. The van der Waals surface area contributed by atoms with Gasteiger partial charge in [0.15, 0.2) is 5.82 Å². The van der Waals surface area contributed by atoms with E-state index < -0.39 is 0 Å². The first-order valence-electron chi connectivity index (χ1n) is 21.1. The van der Waals surface area contributed by atoms with Crippen LogP contribution in [0.3, 0.4) is 0 Å². The lowest BCUT2D eigenvalue weighted by molar-refractivity contribution is 1.07. The number of hydrogen-bond acceptors (Lipinski definition) is 2. The lowest BCUT2D eigenvalue weighted by Crippen LogP contribution is -1.96. The van der Waals surface area contributed by atoms with Gasteiger partial charge in [-0.3, -0.25) is 0 Å². The first-order chi connectivity index (χ1) is 30.6. The van der Waals surface area contributed by atoms with Crippen LogP contribution in [0.2, 0.25) is 0 Å². The zero-order chi connectivity index (χ0) is 41.1. The molecular weight excluding hydrogens is 755 g/mol. The van der Waals surface area contributed by atoms with Crippen molar-refractivity contribution in [1.29, 1.82) is 0 Å². The second-order valence-corrected chi connectivity index (χ2v) is 16.0. The molecule has 5 nitrogen and oxygen atoms in total. The fourth-order valence-corrected chi connectivity index (χ4v) is 9.22. The Bertz CT molecular complexity index is 3560. The van der Waals surface area contributed by atoms with E-state index in [0.29, 0.717) is 5.82 Å². The summed E-state index contributed by atoms with van der Waals surface area (Å²) in [5, 5.41) is 4.92. The first kappa shape index (κ1) is 35.6. The van der Waals surface area contributed by atoms with Gasteiger partial charge in [0, 0.05) is 62.0 Å². The maximum absolute atomic E-state index is 5.06. The molecule has 12 rings (SSSR count). The summed E-state index contributed by atoms with van der Waals surface area (Å²) in [4.78, 5) is 10.1. The van der Waals surface area contributed by atoms with Gasteiger partial charge in [-0.15, -0.1) is 0 Å². The molecule has 0 spiro atoms. The van der Waals surface area contributed by atoms with E-state index in [1.807, 2.05) is 36.4 Å². The maximum atomic E-state index is 5.06. The molecule has 0 fully saturated rings. The van der Waals surface area contributed by atoms with Gasteiger partial charge in [0.25, 0.3) is 0 Å². The minimum atomic E-state index is 0.705. The monoisotopic (exact) mass is 793 g/mol. The highest BCUT2D eigenvalue weighted by Crippen LogP contribution is 2.38. The predicted octanol–water partition coefficient (Wildman–Crippen LogP) is 14.4. The predicted molar refractivity (Wildman–Crippen MR) is 257 cm³/mol. The lowest BCUT2D eigenvalue weighted by Gasteiger charge is -2.10. The number of rotatable bonds is 7. The van der Waals surface area contributed by atoms with E-state index >= 15 is 0 Å². The van der Waals surface area contributed by atoms with E-state index in [0.717, 1.165) is 56.3 Å². The van der Waals surface area contributed by atoms with Gasteiger partial charge in [-0.2, -0.15) is 0 Å². The van der Waals surface area contributed by atoms with Gasteiger partial charge in [-0.25, -0.2) is 9.97 Å². The molecule has 0 radical (unpaired) electrons. The molecule has 4 heterocycles. The summed E-state index contributed by atoms with van der Waals surface area (Å²) in [7, 11) is 0. The number of aromatic nitrogens is 5. The summed E-state index contributed by atoms with van der Waals surface area (Å²) in [6, 6.07) is 73.2. The van der Waals surface area contributed by atoms with Crippen LogP contribution in [-0.4, -0.2) is 23.7 Å². The van der Waals surface area contributed by atoms with Gasteiger partial charge >= 0.3 is 0 Å². The SMILES string of the molecule is Cc1cn(-c2ccc3c(c2)c2ccccc2n3-c2ccccc2)cc1-n1c2ccccc2c2cc(-c3ccc(-c4nc(-c5ccccc5)cc(-c5ccccc5)n4)cc3)ccc21. The van der Waals surface area contributed by atoms with E-state index in [9.17, 15) is 0 Å². The normalized spacial score (nSPS) is 11.6. The number of fused-ring (bicyclic) bond motifs is 6. The smallest absolute Gasteiger partial charge is 0.160 e. The molecule has 0 N–H and O–H groups in total. The highest BCUT2D eigenvalue weighted by Gasteiger charge is 2.18. The molecule has 0 unspecified atom stereocenters. The average molecular weight is 794 g/mol. The van der Waals surface area contributed by atoms with Gasteiger partial charge in [0.1, 0.15) is 0 Å². The van der Waals surface area contributed by atoms with Crippen LogP contribution in [0.15, 0.2) is 219 Å².